The Morgan fingerprint density at radius 2 is 2.05 bits per heavy atom. The van der Waals surface area contributed by atoms with Crippen molar-refractivity contribution in [3.05, 3.63) is 24.0 Å². The molecule has 0 spiro atoms. The van der Waals surface area contributed by atoms with Gasteiger partial charge in [0, 0.05) is 31.6 Å². The molecule has 1 amide bonds. The third kappa shape index (κ3) is 4.19. The van der Waals surface area contributed by atoms with Crippen LogP contribution in [-0.4, -0.2) is 36.2 Å². The lowest BCUT2D eigenvalue weighted by atomic mass is 9.95. The number of carbonyl (C=O) groups excluding carboxylic acids is 1. The van der Waals surface area contributed by atoms with Gasteiger partial charge in [-0.15, -0.1) is 0 Å². The van der Waals surface area contributed by atoms with E-state index in [0.717, 1.165) is 25.1 Å². The number of hydrogen-bond donors (Lipinski definition) is 2. The van der Waals surface area contributed by atoms with Gasteiger partial charge in [0.2, 0.25) is 0 Å². The molecule has 2 aliphatic rings. The summed E-state index contributed by atoms with van der Waals surface area (Å²) in [6.07, 6.45) is 12.0. The fourth-order valence-electron chi connectivity index (χ4n) is 3.24. The number of ether oxygens (including phenoxy) is 1. The standard InChI is InChI=1S/C17H25N3O2/c21-17(19-12-16-7-4-8-22-16)13-9-15(11-18-10-13)20-14-5-2-1-3-6-14/h9-11,14,16,20H,1-8,12H2,(H,19,21). The van der Waals surface area contributed by atoms with Gasteiger partial charge in [-0.05, 0) is 31.7 Å². The quantitative estimate of drug-likeness (QED) is 0.878. The van der Waals surface area contributed by atoms with Crippen molar-refractivity contribution in [3.8, 4) is 0 Å². The molecule has 2 N–H and O–H groups in total. The van der Waals surface area contributed by atoms with Gasteiger partial charge in [0.25, 0.3) is 5.91 Å². The van der Waals surface area contributed by atoms with Crippen molar-refractivity contribution in [1.29, 1.82) is 0 Å². The Bertz CT molecular complexity index is 494. The van der Waals surface area contributed by atoms with Gasteiger partial charge in [0.1, 0.15) is 0 Å². The Morgan fingerprint density at radius 3 is 2.82 bits per heavy atom. The van der Waals surface area contributed by atoms with Crippen LogP contribution in [0.2, 0.25) is 0 Å². The SMILES string of the molecule is O=C(NCC1CCCO1)c1cncc(NC2CCCCC2)c1. The van der Waals surface area contributed by atoms with Crippen molar-refractivity contribution in [2.75, 3.05) is 18.5 Å². The monoisotopic (exact) mass is 303 g/mol. The lowest BCUT2D eigenvalue weighted by Gasteiger charge is -2.23. The molecule has 2 heterocycles. The van der Waals surface area contributed by atoms with Gasteiger partial charge in [-0.1, -0.05) is 19.3 Å². The second kappa shape index (κ2) is 7.58. The summed E-state index contributed by atoms with van der Waals surface area (Å²) in [6, 6.07) is 2.41. The van der Waals surface area contributed by atoms with Crippen molar-refractivity contribution in [2.24, 2.45) is 0 Å². The highest BCUT2D eigenvalue weighted by atomic mass is 16.5. The first-order valence-electron chi connectivity index (χ1n) is 8.42. The van der Waals surface area contributed by atoms with Crippen LogP contribution in [0, 0.1) is 0 Å². The van der Waals surface area contributed by atoms with E-state index in [2.05, 4.69) is 15.6 Å². The minimum absolute atomic E-state index is 0.0738. The molecule has 1 aromatic rings. The van der Waals surface area contributed by atoms with Crippen molar-refractivity contribution in [2.45, 2.75) is 57.1 Å². The summed E-state index contributed by atoms with van der Waals surface area (Å²) in [5.41, 5.74) is 1.55. The topological polar surface area (TPSA) is 63.2 Å². The fourth-order valence-corrected chi connectivity index (χ4v) is 3.24. The Balaban J connectivity index is 1.53. The molecular weight excluding hydrogens is 278 g/mol. The summed E-state index contributed by atoms with van der Waals surface area (Å²) in [4.78, 5) is 16.4. The molecular formula is C17H25N3O2. The maximum absolute atomic E-state index is 12.2. The fraction of sp³-hybridized carbons (Fsp3) is 0.647. The van der Waals surface area contributed by atoms with Crippen molar-refractivity contribution in [3.63, 3.8) is 0 Å². The molecule has 22 heavy (non-hydrogen) atoms. The van der Waals surface area contributed by atoms with Gasteiger partial charge in [0.05, 0.1) is 17.4 Å². The molecule has 5 heteroatoms. The summed E-state index contributed by atoms with van der Waals surface area (Å²) in [5, 5.41) is 6.45. The van der Waals surface area contributed by atoms with Crippen LogP contribution in [0.25, 0.3) is 0 Å². The van der Waals surface area contributed by atoms with Crippen molar-refractivity contribution in [1.82, 2.24) is 10.3 Å². The van der Waals surface area contributed by atoms with E-state index >= 15 is 0 Å². The van der Waals surface area contributed by atoms with Crippen LogP contribution in [-0.2, 0) is 4.74 Å². The zero-order valence-electron chi connectivity index (χ0n) is 13.0. The Kier molecular flexibility index (Phi) is 5.27. The van der Waals surface area contributed by atoms with E-state index < -0.39 is 0 Å². The zero-order chi connectivity index (χ0) is 15.2. The number of anilines is 1. The van der Waals surface area contributed by atoms with E-state index in [0.29, 0.717) is 18.2 Å². The number of rotatable bonds is 5. The first-order valence-corrected chi connectivity index (χ1v) is 8.42. The summed E-state index contributed by atoms with van der Waals surface area (Å²) >= 11 is 0. The largest absolute Gasteiger partial charge is 0.381 e. The van der Waals surface area contributed by atoms with Gasteiger partial charge < -0.3 is 15.4 Å². The van der Waals surface area contributed by atoms with Crippen molar-refractivity contribution < 1.29 is 9.53 Å². The molecule has 0 radical (unpaired) electrons. The Hall–Kier alpha value is -1.62. The van der Waals surface area contributed by atoms with Gasteiger partial charge in [0.15, 0.2) is 0 Å². The maximum atomic E-state index is 12.2. The van der Waals surface area contributed by atoms with Crippen LogP contribution in [0.4, 0.5) is 5.69 Å². The summed E-state index contributed by atoms with van der Waals surface area (Å²) in [6.45, 7) is 1.39. The molecule has 0 aromatic carbocycles. The highest BCUT2D eigenvalue weighted by Crippen LogP contribution is 2.21. The number of carbonyl (C=O) groups is 1. The summed E-state index contributed by atoms with van der Waals surface area (Å²) in [5.74, 6) is -0.0738. The average molecular weight is 303 g/mol. The third-order valence-corrected chi connectivity index (χ3v) is 4.49. The maximum Gasteiger partial charge on any atom is 0.253 e. The zero-order valence-corrected chi connectivity index (χ0v) is 13.0. The van der Waals surface area contributed by atoms with E-state index in [1.165, 1.54) is 32.1 Å². The number of pyridine rings is 1. The molecule has 1 aromatic heterocycles. The normalized spacial score (nSPS) is 22.5. The first kappa shape index (κ1) is 15.3. The molecule has 1 saturated carbocycles. The van der Waals surface area contributed by atoms with Gasteiger partial charge in [-0.3, -0.25) is 9.78 Å². The van der Waals surface area contributed by atoms with Crippen LogP contribution in [0.5, 0.6) is 0 Å². The number of hydrogen-bond acceptors (Lipinski definition) is 4. The summed E-state index contributed by atoms with van der Waals surface area (Å²) < 4.78 is 5.52. The van der Waals surface area contributed by atoms with E-state index in [4.69, 9.17) is 4.74 Å². The van der Waals surface area contributed by atoms with Crippen molar-refractivity contribution >= 4 is 11.6 Å². The van der Waals surface area contributed by atoms with Crippen LogP contribution >= 0.6 is 0 Å². The molecule has 1 unspecified atom stereocenters. The highest BCUT2D eigenvalue weighted by Gasteiger charge is 2.17. The predicted molar refractivity (Wildman–Crippen MR) is 86.0 cm³/mol. The van der Waals surface area contributed by atoms with Gasteiger partial charge in [-0.25, -0.2) is 0 Å². The average Bonchev–Trinajstić information content (AvgIpc) is 3.07. The molecule has 0 bridgehead atoms. The Labute approximate surface area is 131 Å². The van der Waals surface area contributed by atoms with E-state index in [-0.39, 0.29) is 12.0 Å². The molecule has 120 valence electrons. The van der Waals surface area contributed by atoms with E-state index in [1.54, 1.807) is 12.4 Å². The lowest BCUT2D eigenvalue weighted by molar-refractivity contribution is 0.0857. The molecule has 2 fully saturated rings. The molecule has 1 aliphatic carbocycles. The van der Waals surface area contributed by atoms with Crippen LogP contribution in [0.1, 0.15) is 55.3 Å². The van der Waals surface area contributed by atoms with Crippen LogP contribution in [0.3, 0.4) is 0 Å². The molecule has 5 nitrogen and oxygen atoms in total. The van der Waals surface area contributed by atoms with E-state index in [9.17, 15) is 4.79 Å². The van der Waals surface area contributed by atoms with Gasteiger partial charge >= 0.3 is 0 Å². The summed E-state index contributed by atoms with van der Waals surface area (Å²) in [7, 11) is 0. The lowest BCUT2D eigenvalue weighted by Crippen LogP contribution is -2.32. The Morgan fingerprint density at radius 1 is 1.18 bits per heavy atom. The van der Waals surface area contributed by atoms with E-state index in [1.807, 2.05) is 6.07 Å². The minimum Gasteiger partial charge on any atom is -0.381 e. The third-order valence-electron chi connectivity index (χ3n) is 4.49. The second-order valence-corrected chi connectivity index (χ2v) is 6.29. The molecule has 1 atom stereocenters. The molecule has 1 saturated heterocycles. The predicted octanol–water partition coefficient (Wildman–Crippen LogP) is 2.74. The van der Waals surface area contributed by atoms with Crippen LogP contribution < -0.4 is 10.6 Å². The number of nitrogens with one attached hydrogen (secondary N) is 2. The van der Waals surface area contributed by atoms with Gasteiger partial charge in [-0.2, -0.15) is 0 Å². The second-order valence-electron chi connectivity index (χ2n) is 6.29. The smallest absolute Gasteiger partial charge is 0.253 e. The van der Waals surface area contributed by atoms with Crippen LogP contribution in [0.15, 0.2) is 18.5 Å². The highest BCUT2D eigenvalue weighted by molar-refractivity contribution is 5.94. The molecule has 3 rings (SSSR count). The molecule has 1 aliphatic heterocycles. The number of nitrogens with zero attached hydrogens (tertiary/aromatic N) is 1. The minimum atomic E-state index is -0.0738. The number of amides is 1. The number of aromatic nitrogens is 1. The first-order chi connectivity index (χ1) is 10.8.